The summed E-state index contributed by atoms with van der Waals surface area (Å²) >= 11 is 0. The highest BCUT2D eigenvalue weighted by Gasteiger charge is 2.39. The zero-order valence-electron chi connectivity index (χ0n) is 12.3. The Morgan fingerprint density at radius 3 is 2.33 bits per heavy atom. The maximum atomic E-state index is 12.4. The van der Waals surface area contributed by atoms with Gasteiger partial charge in [0.2, 0.25) is 5.91 Å². The Morgan fingerprint density at radius 2 is 1.89 bits per heavy atom. The molecule has 0 aromatic carbocycles. The molecule has 3 nitrogen and oxygen atoms in total. The number of carbonyl (C=O) groups is 1. The number of nitrogens with two attached hydrogens (primary N) is 1. The maximum absolute atomic E-state index is 12.4. The highest BCUT2D eigenvalue weighted by molar-refractivity contribution is 5.83. The SMILES string of the molecule is CCC(CC)CNC(=O)C1(CN)CCC(C)CC1. The van der Waals surface area contributed by atoms with Gasteiger partial charge in [-0.3, -0.25) is 4.79 Å². The zero-order valence-corrected chi connectivity index (χ0v) is 12.3. The maximum Gasteiger partial charge on any atom is 0.227 e. The summed E-state index contributed by atoms with van der Waals surface area (Å²) in [6, 6.07) is 0. The van der Waals surface area contributed by atoms with E-state index in [1.807, 2.05) is 0 Å². The van der Waals surface area contributed by atoms with E-state index in [0.717, 1.165) is 51.0 Å². The average Bonchev–Trinajstić information content (AvgIpc) is 2.41. The van der Waals surface area contributed by atoms with Crippen molar-refractivity contribution in [3.8, 4) is 0 Å². The standard InChI is InChI=1S/C15H30N2O/c1-4-13(5-2)10-17-14(18)15(11-16)8-6-12(3)7-9-15/h12-13H,4-11,16H2,1-3H3,(H,17,18). The van der Waals surface area contributed by atoms with Crippen molar-refractivity contribution in [2.45, 2.75) is 59.3 Å². The van der Waals surface area contributed by atoms with Crippen LogP contribution in [0.15, 0.2) is 0 Å². The van der Waals surface area contributed by atoms with E-state index < -0.39 is 0 Å². The van der Waals surface area contributed by atoms with Crippen molar-refractivity contribution < 1.29 is 4.79 Å². The van der Waals surface area contributed by atoms with Crippen LogP contribution >= 0.6 is 0 Å². The van der Waals surface area contributed by atoms with Crippen LogP contribution in [-0.2, 0) is 4.79 Å². The van der Waals surface area contributed by atoms with Crippen LogP contribution in [0.4, 0.5) is 0 Å². The second kappa shape index (κ2) is 7.13. The molecule has 0 saturated heterocycles. The lowest BCUT2D eigenvalue weighted by molar-refractivity contribution is -0.133. The van der Waals surface area contributed by atoms with Crippen LogP contribution in [0, 0.1) is 17.3 Å². The minimum atomic E-state index is -0.279. The summed E-state index contributed by atoms with van der Waals surface area (Å²) < 4.78 is 0. The van der Waals surface area contributed by atoms with E-state index >= 15 is 0 Å². The monoisotopic (exact) mass is 254 g/mol. The first-order valence-electron chi connectivity index (χ1n) is 7.56. The number of hydrogen-bond acceptors (Lipinski definition) is 2. The molecule has 0 aromatic heterocycles. The van der Waals surface area contributed by atoms with Crippen molar-refractivity contribution in [1.82, 2.24) is 5.32 Å². The summed E-state index contributed by atoms with van der Waals surface area (Å²) in [7, 11) is 0. The van der Waals surface area contributed by atoms with Gasteiger partial charge in [0, 0.05) is 13.1 Å². The number of hydrogen-bond donors (Lipinski definition) is 2. The smallest absolute Gasteiger partial charge is 0.227 e. The molecule has 1 rings (SSSR count). The molecule has 1 aliphatic carbocycles. The van der Waals surface area contributed by atoms with Crippen LogP contribution in [0.3, 0.4) is 0 Å². The summed E-state index contributed by atoms with van der Waals surface area (Å²) in [6.45, 7) is 7.93. The molecule has 0 heterocycles. The fraction of sp³-hybridized carbons (Fsp3) is 0.933. The van der Waals surface area contributed by atoms with Crippen LogP contribution in [0.25, 0.3) is 0 Å². The first kappa shape index (κ1) is 15.5. The third-order valence-corrected chi connectivity index (χ3v) is 4.81. The predicted octanol–water partition coefficient (Wildman–Crippen LogP) is 2.69. The lowest BCUT2D eigenvalue weighted by Gasteiger charge is -2.37. The molecular weight excluding hydrogens is 224 g/mol. The molecule has 0 atom stereocenters. The number of rotatable bonds is 6. The van der Waals surface area contributed by atoms with Crippen LogP contribution in [-0.4, -0.2) is 19.0 Å². The fourth-order valence-corrected chi connectivity index (χ4v) is 2.84. The molecule has 0 aliphatic heterocycles. The third kappa shape index (κ3) is 3.71. The van der Waals surface area contributed by atoms with E-state index in [-0.39, 0.29) is 11.3 Å². The summed E-state index contributed by atoms with van der Waals surface area (Å²) in [5.74, 6) is 1.55. The highest BCUT2D eigenvalue weighted by atomic mass is 16.2. The summed E-state index contributed by atoms with van der Waals surface area (Å²) in [6.07, 6.45) is 6.44. The average molecular weight is 254 g/mol. The molecule has 3 heteroatoms. The molecule has 0 unspecified atom stereocenters. The van der Waals surface area contributed by atoms with Crippen LogP contribution < -0.4 is 11.1 Å². The Morgan fingerprint density at radius 1 is 1.33 bits per heavy atom. The molecule has 0 bridgehead atoms. The Kier molecular flexibility index (Phi) is 6.13. The lowest BCUT2D eigenvalue weighted by atomic mass is 9.70. The van der Waals surface area contributed by atoms with Crippen molar-refractivity contribution in [2.24, 2.45) is 23.0 Å². The van der Waals surface area contributed by atoms with Crippen LogP contribution in [0.1, 0.15) is 59.3 Å². The molecule has 18 heavy (non-hydrogen) atoms. The third-order valence-electron chi connectivity index (χ3n) is 4.81. The largest absolute Gasteiger partial charge is 0.355 e. The van der Waals surface area contributed by atoms with Crippen LogP contribution in [0.2, 0.25) is 0 Å². The molecule has 1 amide bonds. The van der Waals surface area contributed by atoms with Gasteiger partial charge in [-0.1, -0.05) is 33.6 Å². The van der Waals surface area contributed by atoms with Gasteiger partial charge in [-0.05, 0) is 37.5 Å². The highest BCUT2D eigenvalue weighted by Crippen LogP contribution is 2.38. The van der Waals surface area contributed by atoms with E-state index in [1.165, 1.54) is 0 Å². The van der Waals surface area contributed by atoms with Gasteiger partial charge in [-0.25, -0.2) is 0 Å². The van der Waals surface area contributed by atoms with Crippen molar-refractivity contribution in [1.29, 1.82) is 0 Å². The summed E-state index contributed by atoms with van der Waals surface area (Å²) in [4.78, 5) is 12.4. The van der Waals surface area contributed by atoms with Gasteiger partial charge >= 0.3 is 0 Å². The van der Waals surface area contributed by atoms with Crippen molar-refractivity contribution in [3.05, 3.63) is 0 Å². The molecule has 0 spiro atoms. The van der Waals surface area contributed by atoms with Crippen molar-refractivity contribution in [2.75, 3.05) is 13.1 Å². The van der Waals surface area contributed by atoms with Gasteiger partial charge in [-0.2, -0.15) is 0 Å². The summed E-state index contributed by atoms with van der Waals surface area (Å²) in [5, 5.41) is 3.14. The predicted molar refractivity (Wildman–Crippen MR) is 76.2 cm³/mol. The minimum Gasteiger partial charge on any atom is -0.355 e. The van der Waals surface area contributed by atoms with E-state index in [0.29, 0.717) is 12.5 Å². The second-order valence-corrected chi connectivity index (χ2v) is 6.06. The lowest BCUT2D eigenvalue weighted by Crippen LogP contribution is -2.48. The molecular formula is C15H30N2O. The van der Waals surface area contributed by atoms with E-state index in [1.54, 1.807) is 0 Å². The van der Waals surface area contributed by atoms with E-state index in [4.69, 9.17) is 5.73 Å². The molecule has 1 fully saturated rings. The number of amides is 1. The molecule has 0 radical (unpaired) electrons. The van der Waals surface area contributed by atoms with Gasteiger partial charge in [0.05, 0.1) is 5.41 Å². The van der Waals surface area contributed by atoms with Crippen molar-refractivity contribution >= 4 is 5.91 Å². The first-order chi connectivity index (χ1) is 8.57. The molecule has 1 saturated carbocycles. The normalized spacial score (nSPS) is 28.4. The Bertz CT molecular complexity index is 253. The van der Waals surface area contributed by atoms with Crippen molar-refractivity contribution in [3.63, 3.8) is 0 Å². The quantitative estimate of drug-likeness (QED) is 0.765. The topological polar surface area (TPSA) is 55.1 Å². The van der Waals surface area contributed by atoms with Gasteiger partial charge in [-0.15, -0.1) is 0 Å². The Labute approximate surface area is 112 Å². The van der Waals surface area contributed by atoms with Crippen LogP contribution in [0.5, 0.6) is 0 Å². The van der Waals surface area contributed by atoms with Gasteiger partial charge < -0.3 is 11.1 Å². The Hall–Kier alpha value is -0.570. The fourth-order valence-electron chi connectivity index (χ4n) is 2.84. The molecule has 3 N–H and O–H groups in total. The Balaban J connectivity index is 2.52. The molecule has 1 aliphatic rings. The van der Waals surface area contributed by atoms with Gasteiger partial charge in [0.15, 0.2) is 0 Å². The van der Waals surface area contributed by atoms with E-state index in [9.17, 15) is 4.79 Å². The molecule has 106 valence electrons. The minimum absolute atomic E-state index is 0.198. The first-order valence-corrected chi connectivity index (χ1v) is 7.56. The van der Waals surface area contributed by atoms with Gasteiger partial charge in [0.25, 0.3) is 0 Å². The van der Waals surface area contributed by atoms with Gasteiger partial charge in [0.1, 0.15) is 0 Å². The number of carbonyl (C=O) groups excluding carboxylic acids is 1. The second-order valence-electron chi connectivity index (χ2n) is 6.06. The molecule has 0 aromatic rings. The van der Waals surface area contributed by atoms with E-state index in [2.05, 4.69) is 26.1 Å². The zero-order chi connectivity index (χ0) is 13.6. The number of nitrogens with one attached hydrogen (secondary N) is 1. The summed E-state index contributed by atoms with van der Waals surface area (Å²) in [5.41, 5.74) is 5.62.